The predicted octanol–water partition coefficient (Wildman–Crippen LogP) is -0.120. The molecule has 1 N–H and O–H groups in total. The summed E-state index contributed by atoms with van der Waals surface area (Å²) < 4.78 is 55.5. The fourth-order valence-corrected chi connectivity index (χ4v) is 2.15. The molecule has 0 rings (SSSR count). The Morgan fingerprint density at radius 2 is 1.88 bits per heavy atom. The Morgan fingerprint density at radius 3 is 2.25 bits per heavy atom. The van der Waals surface area contributed by atoms with Crippen LogP contribution in [-0.2, 0) is 24.4 Å². The molecule has 1 atom stereocenters. The molecule has 0 fully saturated rings. The third kappa shape index (κ3) is 9.92. The van der Waals surface area contributed by atoms with E-state index >= 15 is 0 Å². The second-order valence-electron chi connectivity index (χ2n) is 3.15. The van der Waals surface area contributed by atoms with Crippen molar-refractivity contribution < 1.29 is 25.6 Å². The van der Waals surface area contributed by atoms with Crippen molar-refractivity contribution in [3.05, 3.63) is 0 Å². The van der Waals surface area contributed by atoms with Crippen LogP contribution in [-0.4, -0.2) is 40.0 Å². The van der Waals surface area contributed by atoms with Gasteiger partial charge in [-0.25, -0.2) is 0 Å². The smallest absolute Gasteiger partial charge is 0.266 e. The standard InChI is InChI=1S/C8H14O6S2/c1-3-4-8(7-16(11,12)13)5-6-14-15(2,9)10/h8H,5-7H2,1-2H3,(H,11,12,13). The van der Waals surface area contributed by atoms with Crippen LogP contribution in [0.25, 0.3) is 0 Å². The average Bonchev–Trinajstić information content (AvgIpc) is 1.98. The lowest BCUT2D eigenvalue weighted by molar-refractivity contribution is 0.303. The van der Waals surface area contributed by atoms with Gasteiger partial charge in [0.2, 0.25) is 0 Å². The van der Waals surface area contributed by atoms with Crippen molar-refractivity contribution in [3.8, 4) is 11.8 Å². The normalized spacial score (nSPS) is 13.9. The fraction of sp³-hybridized carbons (Fsp3) is 0.750. The van der Waals surface area contributed by atoms with E-state index in [-0.39, 0.29) is 13.0 Å². The SMILES string of the molecule is CC#CC(CCOS(C)(=O)=O)CS(=O)(=O)O. The zero-order valence-corrected chi connectivity index (χ0v) is 10.6. The van der Waals surface area contributed by atoms with E-state index in [0.29, 0.717) is 0 Å². The van der Waals surface area contributed by atoms with Gasteiger partial charge in [0, 0.05) is 5.92 Å². The second kappa shape index (κ2) is 6.20. The molecule has 0 saturated heterocycles. The first-order valence-electron chi connectivity index (χ1n) is 4.36. The van der Waals surface area contributed by atoms with Gasteiger partial charge in [-0.05, 0) is 13.3 Å². The van der Waals surface area contributed by atoms with E-state index in [4.69, 9.17) is 4.55 Å². The second-order valence-corrected chi connectivity index (χ2v) is 6.30. The summed E-state index contributed by atoms with van der Waals surface area (Å²) in [5, 5.41) is 0. The van der Waals surface area contributed by atoms with Crippen molar-refractivity contribution in [2.24, 2.45) is 5.92 Å². The molecule has 0 bridgehead atoms. The molecule has 0 aliphatic carbocycles. The van der Waals surface area contributed by atoms with Crippen molar-refractivity contribution in [2.75, 3.05) is 18.6 Å². The highest BCUT2D eigenvalue weighted by Gasteiger charge is 2.15. The molecule has 16 heavy (non-hydrogen) atoms. The highest BCUT2D eigenvalue weighted by molar-refractivity contribution is 7.86. The topological polar surface area (TPSA) is 97.7 Å². The van der Waals surface area contributed by atoms with Crippen molar-refractivity contribution in [2.45, 2.75) is 13.3 Å². The maximum Gasteiger partial charge on any atom is 0.266 e. The monoisotopic (exact) mass is 270 g/mol. The number of hydrogen-bond acceptors (Lipinski definition) is 5. The Labute approximate surface area is 95.9 Å². The number of hydrogen-bond donors (Lipinski definition) is 1. The van der Waals surface area contributed by atoms with Crippen LogP contribution in [0, 0.1) is 17.8 Å². The summed E-state index contributed by atoms with van der Waals surface area (Å²) in [6.45, 7) is 1.36. The lowest BCUT2D eigenvalue weighted by Crippen LogP contribution is -2.17. The van der Waals surface area contributed by atoms with Gasteiger partial charge in [0.15, 0.2) is 0 Å². The molecule has 0 aromatic carbocycles. The highest BCUT2D eigenvalue weighted by Crippen LogP contribution is 2.06. The maximum absolute atomic E-state index is 10.6. The van der Waals surface area contributed by atoms with E-state index in [2.05, 4.69) is 16.0 Å². The first-order chi connectivity index (χ1) is 7.14. The minimum Gasteiger partial charge on any atom is -0.286 e. The van der Waals surface area contributed by atoms with Gasteiger partial charge in [-0.1, -0.05) is 5.92 Å². The molecule has 0 aromatic heterocycles. The first-order valence-corrected chi connectivity index (χ1v) is 7.78. The van der Waals surface area contributed by atoms with E-state index in [0.717, 1.165) is 6.26 Å². The lowest BCUT2D eigenvalue weighted by Gasteiger charge is -2.07. The van der Waals surface area contributed by atoms with Crippen molar-refractivity contribution in [1.82, 2.24) is 0 Å². The summed E-state index contributed by atoms with van der Waals surface area (Å²) in [6, 6.07) is 0. The van der Waals surface area contributed by atoms with Gasteiger partial charge in [-0.3, -0.25) is 8.74 Å². The van der Waals surface area contributed by atoms with Gasteiger partial charge in [0.05, 0.1) is 18.6 Å². The van der Waals surface area contributed by atoms with Crippen molar-refractivity contribution in [1.29, 1.82) is 0 Å². The third-order valence-electron chi connectivity index (χ3n) is 1.52. The number of rotatable bonds is 6. The zero-order chi connectivity index (χ0) is 12.8. The highest BCUT2D eigenvalue weighted by atomic mass is 32.2. The van der Waals surface area contributed by atoms with Crippen LogP contribution in [0.5, 0.6) is 0 Å². The van der Waals surface area contributed by atoms with Gasteiger partial charge in [-0.2, -0.15) is 16.8 Å². The van der Waals surface area contributed by atoms with Gasteiger partial charge >= 0.3 is 0 Å². The van der Waals surface area contributed by atoms with Crippen molar-refractivity contribution >= 4 is 20.2 Å². The van der Waals surface area contributed by atoms with Gasteiger partial charge in [0.25, 0.3) is 20.2 Å². The van der Waals surface area contributed by atoms with Gasteiger partial charge in [0.1, 0.15) is 0 Å². The van der Waals surface area contributed by atoms with Crippen LogP contribution in [0.1, 0.15) is 13.3 Å². The molecular formula is C8H14O6S2. The Balaban J connectivity index is 4.30. The quantitative estimate of drug-likeness (QED) is 0.410. The molecule has 0 radical (unpaired) electrons. The molecule has 0 aliphatic rings. The lowest BCUT2D eigenvalue weighted by atomic mass is 10.1. The molecule has 0 saturated carbocycles. The molecular weight excluding hydrogens is 256 g/mol. The minimum atomic E-state index is -4.12. The molecule has 1 unspecified atom stereocenters. The van der Waals surface area contributed by atoms with Crippen LogP contribution < -0.4 is 0 Å². The molecule has 0 aliphatic heterocycles. The zero-order valence-electron chi connectivity index (χ0n) is 9.00. The third-order valence-corrected chi connectivity index (χ3v) is 2.94. The molecule has 0 heterocycles. The van der Waals surface area contributed by atoms with Crippen LogP contribution in [0.15, 0.2) is 0 Å². The summed E-state index contributed by atoms with van der Waals surface area (Å²) in [5.41, 5.74) is 0. The molecule has 0 aromatic rings. The van der Waals surface area contributed by atoms with Crippen LogP contribution in [0.3, 0.4) is 0 Å². The minimum absolute atomic E-state index is 0.119. The Bertz CT molecular complexity index is 464. The predicted molar refractivity (Wildman–Crippen MR) is 58.8 cm³/mol. The molecule has 0 amide bonds. The summed E-state index contributed by atoms with van der Waals surface area (Å²) in [6.07, 6.45) is 1.02. The average molecular weight is 270 g/mol. The molecule has 8 heteroatoms. The van der Waals surface area contributed by atoms with E-state index in [9.17, 15) is 16.8 Å². The van der Waals surface area contributed by atoms with Crippen LogP contribution in [0.4, 0.5) is 0 Å². The van der Waals surface area contributed by atoms with Crippen LogP contribution >= 0.6 is 0 Å². The maximum atomic E-state index is 10.6. The van der Waals surface area contributed by atoms with Gasteiger partial charge < -0.3 is 0 Å². The summed E-state index contributed by atoms with van der Waals surface area (Å²) >= 11 is 0. The molecule has 6 nitrogen and oxygen atoms in total. The summed E-state index contributed by atoms with van der Waals surface area (Å²) in [4.78, 5) is 0. The Kier molecular flexibility index (Phi) is 5.96. The summed E-state index contributed by atoms with van der Waals surface area (Å²) in [7, 11) is -7.66. The molecule has 94 valence electrons. The largest absolute Gasteiger partial charge is 0.286 e. The van der Waals surface area contributed by atoms with E-state index in [1.54, 1.807) is 0 Å². The van der Waals surface area contributed by atoms with E-state index < -0.39 is 31.9 Å². The molecule has 0 spiro atoms. The Hall–Kier alpha value is -0.620. The van der Waals surface area contributed by atoms with Crippen molar-refractivity contribution in [3.63, 3.8) is 0 Å². The van der Waals surface area contributed by atoms with E-state index in [1.165, 1.54) is 6.92 Å². The fourth-order valence-electron chi connectivity index (χ4n) is 0.997. The van der Waals surface area contributed by atoms with E-state index in [1.807, 2.05) is 0 Å². The first kappa shape index (κ1) is 15.4. The Morgan fingerprint density at radius 1 is 1.31 bits per heavy atom. The van der Waals surface area contributed by atoms with Crippen LogP contribution in [0.2, 0.25) is 0 Å². The summed E-state index contributed by atoms with van der Waals surface area (Å²) in [5.74, 6) is 3.90. The van der Waals surface area contributed by atoms with Gasteiger partial charge in [-0.15, -0.1) is 5.92 Å².